The minimum atomic E-state index is 1.21. The predicted octanol–water partition coefficient (Wildman–Crippen LogP) is 10.9. The molecule has 0 heteroatoms. The maximum Gasteiger partial charge on any atom is -0.0353 e. The van der Waals surface area contributed by atoms with E-state index in [9.17, 15) is 0 Å². The Morgan fingerprint density at radius 3 is 0.786 bits per heavy atom. The highest BCUT2D eigenvalue weighted by molar-refractivity contribution is 4.65. The predicted molar refractivity (Wildman–Crippen MR) is 131 cm³/mol. The van der Waals surface area contributed by atoms with Gasteiger partial charge in [0.25, 0.3) is 0 Å². The van der Waals surface area contributed by atoms with Crippen molar-refractivity contribution in [2.45, 2.75) is 167 Å². The first-order chi connectivity index (χ1) is 13.9. The van der Waals surface area contributed by atoms with Crippen molar-refractivity contribution in [1.82, 2.24) is 0 Å². The zero-order chi connectivity index (χ0) is 20.4. The van der Waals surface area contributed by atoms with E-state index in [-0.39, 0.29) is 0 Å². The van der Waals surface area contributed by atoms with Crippen LogP contribution in [0.25, 0.3) is 0 Å². The van der Waals surface area contributed by atoms with E-state index in [1.165, 1.54) is 161 Å². The van der Waals surface area contributed by atoms with Crippen LogP contribution in [0.5, 0.6) is 0 Å². The van der Waals surface area contributed by atoms with E-state index in [1.54, 1.807) is 0 Å². The number of hydrogen-bond donors (Lipinski definition) is 0. The van der Waals surface area contributed by atoms with Crippen molar-refractivity contribution in [2.75, 3.05) is 0 Å². The molecule has 0 aromatic rings. The first-order valence-electron chi connectivity index (χ1n) is 13.5. The molecule has 0 radical (unpaired) electrons. The van der Waals surface area contributed by atoms with Crippen molar-refractivity contribution in [3.8, 4) is 0 Å². The van der Waals surface area contributed by atoms with Crippen LogP contribution in [0, 0.1) is 0 Å². The molecule has 0 aromatic carbocycles. The molecular formula is C28H56. The van der Waals surface area contributed by atoms with Crippen molar-refractivity contribution in [3.05, 3.63) is 12.7 Å². The third kappa shape index (κ3) is 25.7. The summed E-state index contributed by atoms with van der Waals surface area (Å²) < 4.78 is 0. The molecule has 0 atom stereocenters. The summed E-state index contributed by atoms with van der Waals surface area (Å²) in [6, 6.07) is 0. The number of allylic oxidation sites excluding steroid dienone is 1. The number of rotatable bonds is 25. The van der Waals surface area contributed by atoms with Gasteiger partial charge in [-0.2, -0.15) is 0 Å². The summed E-state index contributed by atoms with van der Waals surface area (Å²) in [5.41, 5.74) is 0. The van der Waals surface area contributed by atoms with Gasteiger partial charge in [0.15, 0.2) is 0 Å². The van der Waals surface area contributed by atoms with Crippen molar-refractivity contribution in [3.63, 3.8) is 0 Å². The molecule has 0 unspecified atom stereocenters. The first kappa shape index (κ1) is 27.7. The Morgan fingerprint density at radius 2 is 0.571 bits per heavy atom. The van der Waals surface area contributed by atoms with Crippen LogP contribution in [0.2, 0.25) is 0 Å². The van der Waals surface area contributed by atoms with Gasteiger partial charge in [-0.3, -0.25) is 0 Å². The third-order valence-electron chi connectivity index (χ3n) is 6.26. The first-order valence-corrected chi connectivity index (χ1v) is 13.5. The maximum atomic E-state index is 3.79. The lowest BCUT2D eigenvalue weighted by Crippen LogP contribution is -1.84. The zero-order valence-electron chi connectivity index (χ0n) is 20.0. The Bertz CT molecular complexity index is 267. The molecule has 0 saturated carbocycles. The fraction of sp³-hybridized carbons (Fsp3) is 0.929. The summed E-state index contributed by atoms with van der Waals surface area (Å²) in [4.78, 5) is 0. The largest absolute Gasteiger partial charge is 0.103 e. The molecule has 0 N–H and O–H groups in total. The van der Waals surface area contributed by atoms with Crippen molar-refractivity contribution >= 4 is 0 Å². The lowest BCUT2D eigenvalue weighted by molar-refractivity contribution is 0.517. The van der Waals surface area contributed by atoms with Crippen LogP contribution in [0.15, 0.2) is 12.7 Å². The monoisotopic (exact) mass is 392 g/mol. The second-order valence-electron chi connectivity index (χ2n) is 9.21. The second kappa shape index (κ2) is 26.7. The quantitative estimate of drug-likeness (QED) is 0.107. The molecular weight excluding hydrogens is 336 g/mol. The van der Waals surface area contributed by atoms with Gasteiger partial charge in [-0.15, -0.1) is 6.58 Å². The molecule has 0 spiro atoms. The third-order valence-corrected chi connectivity index (χ3v) is 6.26. The van der Waals surface area contributed by atoms with Gasteiger partial charge in [-0.05, 0) is 12.8 Å². The number of hydrogen-bond acceptors (Lipinski definition) is 0. The molecule has 0 bridgehead atoms. The fourth-order valence-electron chi connectivity index (χ4n) is 4.25. The minimum absolute atomic E-state index is 1.21. The molecule has 0 heterocycles. The minimum Gasteiger partial charge on any atom is -0.103 e. The summed E-state index contributed by atoms with van der Waals surface area (Å²) >= 11 is 0. The number of unbranched alkanes of at least 4 members (excludes halogenated alkanes) is 24. The molecule has 0 aliphatic carbocycles. The van der Waals surface area contributed by atoms with Gasteiger partial charge in [0, 0.05) is 0 Å². The molecule has 0 fully saturated rings. The Balaban J connectivity index is 2.97. The molecule has 28 heavy (non-hydrogen) atoms. The Kier molecular flexibility index (Phi) is 26.5. The van der Waals surface area contributed by atoms with Crippen LogP contribution in [0.3, 0.4) is 0 Å². The van der Waals surface area contributed by atoms with E-state index in [1.807, 2.05) is 0 Å². The Labute approximate surface area is 180 Å². The Morgan fingerprint density at radius 1 is 0.357 bits per heavy atom. The topological polar surface area (TPSA) is 0 Å². The van der Waals surface area contributed by atoms with Gasteiger partial charge >= 0.3 is 0 Å². The highest BCUT2D eigenvalue weighted by Crippen LogP contribution is 2.15. The van der Waals surface area contributed by atoms with Crippen LogP contribution in [-0.2, 0) is 0 Å². The van der Waals surface area contributed by atoms with Gasteiger partial charge in [-0.25, -0.2) is 0 Å². The van der Waals surface area contributed by atoms with Crippen LogP contribution in [-0.4, -0.2) is 0 Å². The molecule has 0 saturated heterocycles. The molecule has 0 rings (SSSR count). The van der Waals surface area contributed by atoms with Crippen LogP contribution in [0.1, 0.15) is 167 Å². The van der Waals surface area contributed by atoms with E-state index in [0.29, 0.717) is 0 Å². The summed E-state index contributed by atoms with van der Waals surface area (Å²) in [5.74, 6) is 0. The van der Waals surface area contributed by atoms with E-state index in [0.717, 1.165) is 0 Å². The van der Waals surface area contributed by atoms with Gasteiger partial charge in [0.1, 0.15) is 0 Å². The Hall–Kier alpha value is -0.260. The lowest BCUT2D eigenvalue weighted by atomic mass is 10.0. The van der Waals surface area contributed by atoms with Gasteiger partial charge in [0.05, 0.1) is 0 Å². The standard InChI is InChI=1S/C28H56/c1-3-5-7-9-11-13-15-17-19-21-23-25-27-28-26-24-22-20-18-16-14-12-10-8-6-4-2/h3H,1,4-28H2,2H3. The van der Waals surface area contributed by atoms with Crippen LogP contribution >= 0.6 is 0 Å². The van der Waals surface area contributed by atoms with Crippen LogP contribution < -0.4 is 0 Å². The van der Waals surface area contributed by atoms with Gasteiger partial charge in [0.2, 0.25) is 0 Å². The van der Waals surface area contributed by atoms with Crippen molar-refractivity contribution in [2.24, 2.45) is 0 Å². The average molecular weight is 393 g/mol. The average Bonchev–Trinajstić information content (AvgIpc) is 2.71. The van der Waals surface area contributed by atoms with Crippen LogP contribution in [0.4, 0.5) is 0 Å². The molecule has 0 aromatic heterocycles. The summed E-state index contributed by atoms with van der Waals surface area (Å²) in [6.07, 6.45) is 38.4. The molecule has 0 nitrogen and oxygen atoms in total. The summed E-state index contributed by atoms with van der Waals surface area (Å²) in [7, 11) is 0. The fourth-order valence-corrected chi connectivity index (χ4v) is 4.25. The molecule has 168 valence electrons. The van der Waals surface area contributed by atoms with E-state index in [4.69, 9.17) is 0 Å². The van der Waals surface area contributed by atoms with Crippen molar-refractivity contribution < 1.29 is 0 Å². The smallest absolute Gasteiger partial charge is 0.0353 e. The normalized spacial score (nSPS) is 11.2. The zero-order valence-corrected chi connectivity index (χ0v) is 20.0. The summed E-state index contributed by atoms with van der Waals surface area (Å²) in [5, 5.41) is 0. The lowest BCUT2D eigenvalue weighted by Gasteiger charge is -2.04. The van der Waals surface area contributed by atoms with E-state index < -0.39 is 0 Å². The van der Waals surface area contributed by atoms with Crippen molar-refractivity contribution in [1.29, 1.82) is 0 Å². The summed E-state index contributed by atoms with van der Waals surface area (Å²) in [6.45, 7) is 6.09. The van der Waals surface area contributed by atoms with Gasteiger partial charge in [-0.1, -0.05) is 161 Å². The molecule has 0 aliphatic rings. The van der Waals surface area contributed by atoms with Gasteiger partial charge < -0.3 is 0 Å². The highest BCUT2D eigenvalue weighted by Gasteiger charge is 1.96. The molecule has 0 amide bonds. The highest BCUT2D eigenvalue weighted by atomic mass is 14.0. The van der Waals surface area contributed by atoms with E-state index in [2.05, 4.69) is 19.6 Å². The second-order valence-corrected chi connectivity index (χ2v) is 9.21. The van der Waals surface area contributed by atoms with E-state index >= 15 is 0 Å². The maximum absolute atomic E-state index is 3.79. The SMILES string of the molecule is C=CCCCCCCCCCCCCCCCCCCCCCCCCCC. The molecule has 0 aliphatic heterocycles.